The summed E-state index contributed by atoms with van der Waals surface area (Å²) in [6, 6.07) is 4.34. The van der Waals surface area contributed by atoms with Crippen molar-refractivity contribution in [3.05, 3.63) is 30.3 Å². The maximum Gasteiger partial charge on any atom is 0.313 e. The Balaban J connectivity index is 1.36. The number of nitrogens with one attached hydrogen (secondary N) is 5. The Bertz CT molecular complexity index is 1520. The molecule has 3 saturated carbocycles. The maximum absolute atomic E-state index is 14.9. The lowest BCUT2D eigenvalue weighted by molar-refractivity contribution is -0.148. The molecule has 6 amide bonds. The van der Waals surface area contributed by atoms with Crippen LogP contribution in [0.25, 0.3) is 0 Å². The molecule has 1 heterocycles. The highest BCUT2D eigenvalue weighted by Gasteiger charge is 2.51. The SMILES string of the molecule is CCC[C@H](NC(=O)[C@@H]1C[C@@H]2CCCC[C@@H]2N1C(=O)[C@@H](NC(=O)[C@@H](NC(=O)C(=O)Nc1ccccc1)C1CCCCC1)C(C)(C)C)C(=O)C(=O)NC1CC1. The molecule has 0 bridgehead atoms. The van der Waals surface area contributed by atoms with E-state index in [0.717, 1.165) is 51.4 Å². The zero-order valence-corrected chi connectivity index (χ0v) is 31.7. The molecule has 0 radical (unpaired) electrons. The van der Waals surface area contributed by atoms with Gasteiger partial charge in [0, 0.05) is 17.8 Å². The highest BCUT2D eigenvalue weighted by molar-refractivity contribution is 6.40. The second-order valence-electron chi connectivity index (χ2n) is 16.5. The largest absolute Gasteiger partial charge is 0.347 e. The van der Waals surface area contributed by atoms with Gasteiger partial charge in [-0.2, -0.15) is 0 Å². The van der Waals surface area contributed by atoms with Crippen LogP contribution in [-0.4, -0.2) is 82.4 Å². The molecule has 4 aliphatic rings. The van der Waals surface area contributed by atoms with Crippen molar-refractivity contribution in [2.45, 2.75) is 154 Å². The van der Waals surface area contributed by atoms with Gasteiger partial charge in [-0.1, -0.05) is 84.4 Å². The number of ketones is 1. The molecule has 4 fully saturated rings. The zero-order chi connectivity index (χ0) is 38.3. The van der Waals surface area contributed by atoms with E-state index in [-0.39, 0.29) is 30.3 Å². The average molecular weight is 735 g/mol. The van der Waals surface area contributed by atoms with Gasteiger partial charge in [-0.3, -0.25) is 33.6 Å². The Labute approximate surface area is 312 Å². The summed E-state index contributed by atoms with van der Waals surface area (Å²) >= 11 is 0. The number of carbonyl (C=O) groups excluding carboxylic acids is 7. The molecule has 6 atom stereocenters. The fraction of sp³-hybridized carbons (Fsp3) is 0.675. The van der Waals surface area contributed by atoms with Gasteiger partial charge in [0.2, 0.25) is 23.5 Å². The van der Waals surface area contributed by atoms with Crippen molar-refractivity contribution >= 4 is 46.9 Å². The minimum atomic E-state index is -1.07. The molecule has 0 unspecified atom stereocenters. The smallest absolute Gasteiger partial charge is 0.313 e. The summed E-state index contributed by atoms with van der Waals surface area (Å²) in [5, 5.41) is 13.8. The van der Waals surface area contributed by atoms with Crippen molar-refractivity contribution in [2.75, 3.05) is 5.32 Å². The maximum atomic E-state index is 14.9. The van der Waals surface area contributed by atoms with E-state index in [1.54, 1.807) is 35.2 Å². The van der Waals surface area contributed by atoms with Crippen LogP contribution in [0.1, 0.15) is 118 Å². The van der Waals surface area contributed by atoms with Crippen LogP contribution in [-0.2, 0) is 33.6 Å². The van der Waals surface area contributed by atoms with E-state index >= 15 is 0 Å². The number of fused-ring (bicyclic) bond motifs is 1. The van der Waals surface area contributed by atoms with Crippen LogP contribution in [0.15, 0.2) is 30.3 Å². The van der Waals surface area contributed by atoms with Crippen molar-refractivity contribution in [3.63, 3.8) is 0 Å². The molecule has 0 aromatic heterocycles. The molecule has 3 aliphatic carbocycles. The van der Waals surface area contributed by atoms with Crippen molar-refractivity contribution in [2.24, 2.45) is 17.3 Å². The van der Waals surface area contributed by atoms with Gasteiger partial charge in [-0.15, -0.1) is 0 Å². The predicted octanol–water partition coefficient (Wildman–Crippen LogP) is 3.51. The van der Waals surface area contributed by atoms with Crippen molar-refractivity contribution in [3.8, 4) is 0 Å². The molecule has 1 aromatic carbocycles. The molecule has 13 heteroatoms. The van der Waals surface area contributed by atoms with Crippen LogP contribution in [0.4, 0.5) is 5.69 Å². The summed E-state index contributed by atoms with van der Waals surface area (Å²) in [5.41, 5.74) is -0.352. The normalized spacial score (nSPS) is 23.4. The number of nitrogens with zero attached hydrogens (tertiary/aromatic N) is 1. The quantitative estimate of drug-likeness (QED) is 0.192. The Morgan fingerprint density at radius 2 is 1.43 bits per heavy atom. The summed E-state index contributed by atoms with van der Waals surface area (Å²) in [4.78, 5) is 96.9. The van der Waals surface area contributed by atoms with Gasteiger partial charge in [-0.25, -0.2) is 0 Å². The van der Waals surface area contributed by atoms with E-state index in [0.29, 0.717) is 37.8 Å². The molecule has 5 N–H and O–H groups in total. The van der Waals surface area contributed by atoms with Crippen LogP contribution >= 0.6 is 0 Å². The van der Waals surface area contributed by atoms with Crippen LogP contribution in [0.2, 0.25) is 0 Å². The first-order valence-corrected chi connectivity index (χ1v) is 19.7. The van der Waals surface area contributed by atoms with Gasteiger partial charge in [0.25, 0.3) is 5.91 Å². The summed E-state index contributed by atoms with van der Waals surface area (Å²) in [7, 11) is 0. The number of hydrogen-bond acceptors (Lipinski definition) is 7. The van der Waals surface area contributed by atoms with E-state index in [1.807, 2.05) is 27.7 Å². The highest BCUT2D eigenvalue weighted by atomic mass is 16.2. The number of carbonyl (C=O) groups is 7. The van der Waals surface area contributed by atoms with Crippen LogP contribution < -0.4 is 26.6 Å². The summed E-state index contributed by atoms with van der Waals surface area (Å²) in [5.74, 6) is -4.81. The molecule has 13 nitrogen and oxygen atoms in total. The third-order valence-electron chi connectivity index (χ3n) is 11.3. The fourth-order valence-electron chi connectivity index (χ4n) is 8.29. The van der Waals surface area contributed by atoms with E-state index in [4.69, 9.17) is 0 Å². The van der Waals surface area contributed by atoms with Gasteiger partial charge in [0.15, 0.2) is 0 Å². The topological polar surface area (TPSA) is 183 Å². The number of amides is 6. The highest BCUT2D eigenvalue weighted by Crippen LogP contribution is 2.41. The Hall–Kier alpha value is -4.29. The van der Waals surface area contributed by atoms with Gasteiger partial charge >= 0.3 is 11.8 Å². The third kappa shape index (κ3) is 10.2. The minimum Gasteiger partial charge on any atom is -0.347 e. The number of Topliss-reactive ketones (excluding diaryl/α,β-unsaturated/α-hetero) is 1. The van der Waals surface area contributed by atoms with Gasteiger partial charge in [0.05, 0.1) is 6.04 Å². The molecular formula is C40H58N6O7. The van der Waals surface area contributed by atoms with E-state index in [9.17, 15) is 33.6 Å². The lowest BCUT2D eigenvalue weighted by atomic mass is 9.81. The van der Waals surface area contributed by atoms with Gasteiger partial charge in [0.1, 0.15) is 18.1 Å². The molecular weight excluding hydrogens is 676 g/mol. The lowest BCUT2D eigenvalue weighted by Gasteiger charge is -2.40. The third-order valence-corrected chi connectivity index (χ3v) is 11.3. The first-order valence-electron chi connectivity index (χ1n) is 19.7. The first-order chi connectivity index (χ1) is 25.3. The van der Waals surface area contributed by atoms with Crippen molar-refractivity contribution < 1.29 is 33.6 Å². The average Bonchev–Trinajstić information content (AvgIpc) is 3.87. The molecule has 1 aliphatic heterocycles. The molecule has 1 saturated heterocycles. The van der Waals surface area contributed by atoms with Crippen LogP contribution in [0.5, 0.6) is 0 Å². The summed E-state index contributed by atoms with van der Waals surface area (Å²) < 4.78 is 0. The summed E-state index contributed by atoms with van der Waals surface area (Å²) in [6.45, 7) is 7.40. The second-order valence-corrected chi connectivity index (χ2v) is 16.5. The van der Waals surface area contributed by atoms with Gasteiger partial charge in [-0.05, 0) is 80.8 Å². The second kappa shape index (κ2) is 17.7. The van der Waals surface area contributed by atoms with E-state index in [1.165, 1.54) is 0 Å². The van der Waals surface area contributed by atoms with Crippen molar-refractivity contribution in [1.82, 2.24) is 26.2 Å². The van der Waals surface area contributed by atoms with E-state index < -0.39 is 70.8 Å². The lowest BCUT2D eigenvalue weighted by Crippen LogP contribution is -2.63. The van der Waals surface area contributed by atoms with Crippen molar-refractivity contribution in [1.29, 1.82) is 0 Å². The number of anilines is 1. The van der Waals surface area contributed by atoms with Gasteiger partial charge < -0.3 is 31.5 Å². The Kier molecular flexibility index (Phi) is 13.3. The summed E-state index contributed by atoms with van der Waals surface area (Å²) in [6.07, 6.45) is 10.5. The standard InChI is InChI=1S/C40H58N6O7/c1-5-14-28(32(47)36(50)41-27-21-22-27)43-34(48)30-23-25-17-12-13-20-29(25)46(30)39(53)33(40(2,3)4)45-35(49)31(24-15-8-6-9-16-24)44-38(52)37(51)42-26-18-10-7-11-19-26/h7,10-11,18-19,24-25,27-31,33H,5-6,8-9,12-17,20-23H2,1-4H3,(H,41,50)(H,42,51)(H,43,48)(H,44,52)(H,45,49)/t25-,28-,29-,30-,31-,33+/m0/s1. The Morgan fingerprint density at radius 1 is 0.774 bits per heavy atom. The van der Waals surface area contributed by atoms with E-state index in [2.05, 4.69) is 26.6 Å². The monoisotopic (exact) mass is 734 g/mol. The molecule has 290 valence electrons. The molecule has 5 rings (SSSR count). The first kappa shape index (κ1) is 39.9. The number of likely N-dealkylation sites (tertiary alicyclic amines) is 1. The fourth-order valence-corrected chi connectivity index (χ4v) is 8.29. The molecule has 1 aromatic rings. The minimum absolute atomic E-state index is 0.00230. The predicted molar refractivity (Wildman–Crippen MR) is 199 cm³/mol. The number of hydrogen-bond donors (Lipinski definition) is 5. The molecule has 53 heavy (non-hydrogen) atoms. The van der Waals surface area contributed by atoms with Crippen LogP contribution in [0, 0.1) is 17.3 Å². The number of para-hydroxylation sites is 1. The number of rotatable bonds is 13. The zero-order valence-electron chi connectivity index (χ0n) is 31.7. The number of benzene rings is 1. The van der Waals surface area contributed by atoms with Crippen LogP contribution in [0.3, 0.4) is 0 Å². The Morgan fingerprint density at radius 3 is 2.08 bits per heavy atom. The molecule has 0 spiro atoms.